The normalized spacial score (nSPS) is 16.1. The molecule has 140 valence electrons. The van der Waals surface area contributed by atoms with Gasteiger partial charge in [0.05, 0.1) is 0 Å². The Morgan fingerprint density at radius 2 is 1.72 bits per heavy atom. The number of amides is 1. The molecule has 0 saturated carbocycles. The third-order valence-electron chi connectivity index (χ3n) is 3.88. The van der Waals surface area contributed by atoms with Gasteiger partial charge in [0.25, 0.3) is 0 Å². The number of hydrogen-bond donors (Lipinski definition) is 1. The van der Waals surface area contributed by atoms with Gasteiger partial charge in [-0.3, -0.25) is 4.90 Å². The van der Waals surface area contributed by atoms with E-state index >= 15 is 0 Å². The largest absolute Gasteiger partial charge is 0.444 e. The summed E-state index contributed by atoms with van der Waals surface area (Å²) in [6, 6.07) is 5.57. The van der Waals surface area contributed by atoms with Crippen LogP contribution in [0.3, 0.4) is 0 Å². The van der Waals surface area contributed by atoms with Crippen LogP contribution in [0.2, 0.25) is 10.0 Å². The molecule has 0 aliphatic carbocycles. The molecule has 1 fully saturated rings. The molecule has 1 amide bonds. The fourth-order valence-corrected chi connectivity index (χ4v) is 3.23. The molecule has 2 rings (SSSR count). The maximum atomic E-state index is 12.0. The van der Waals surface area contributed by atoms with E-state index in [2.05, 4.69) is 10.2 Å². The van der Waals surface area contributed by atoms with Gasteiger partial charge in [-0.25, -0.2) is 4.79 Å². The molecule has 0 aromatic heterocycles. The number of ether oxygens (including phenoxy) is 1. The number of carbonyl (C=O) groups excluding carboxylic acids is 1. The summed E-state index contributed by atoms with van der Waals surface area (Å²) in [7, 11) is 0. The molecule has 1 aliphatic heterocycles. The lowest BCUT2D eigenvalue weighted by Crippen LogP contribution is -2.51. The van der Waals surface area contributed by atoms with E-state index in [0.717, 1.165) is 38.3 Å². The van der Waals surface area contributed by atoms with Gasteiger partial charge < -0.3 is 15.0 Å². The zero-order valence-electron chi connectivity index (χ0n) is 15.1. The summed E-state index contributed by atoms with van der Waals surface area (Å²) in [6.45, 7) is 11.4. The first-order valence-electron chi connectivity index (χ1n) is 8.59. The topological polar surface area (TPSA) is 44.8 Å². The Hall–Kier alpha value is -1.01. The lowest BCUT2D eigenvalue weighted by Gasteiger charge is -2.35. The molecule has 7 heteroatoms. The van der Waals surface area contributed by atoms with Crippen LogP contribution in [0, 0.1) is 0 Å². The molecule has 1 aliphatic rings. The zero-order chi connectivity index (χ0) is 18.4. The van der Waals surface area contributed by atoms with E-state index in [1.54, 1.807) is 11.0 Å². The molecule has 1 saturated heterocycles. The minimum Gasteiger partial charge on any atom is -0.444 e. The van der Waals surface area contributed by atoms with Gasteiger partial charge in [0.15, 0.2) is 0 Å². The van der Waals surface area contributed by atoms with E-state index in [-0.39, 0.29) is 6.09 Å². The summed E-state index contributed by atoms with van der Waals surface area (Å²) in [5.74, 6) is 0. The van der Waals surface area contributed by atoms with Gasteiger partial charge in [0, 0.05) is 55.9 Å². The number of benzene rings is 1. The molecule has 0 unspecified atom stereocenters. The van der Waals surface area contributed by atoms with Crippen LogP contribution in [0.1, 0.15) is 26.3 Å². The first-order valence-corrected chi connectivity index (χ1v) is 9.34. The Bertz CT molecular complexity index is 562. The molecule has 1 N–H and O–H groups in total. The molecule has 1 heterocycles. The van der Waals surface area contributed by atoms with E-state index in [0.29, 0.717) is 23.1 Å². The van der Waals surface area contributed by atoms with E-state index in [1.807, 2.05) is 32.9 Å². The highest BCUT2D eigenvalue weighted by Crippen LogP contribution is 2.18. The highest BCUT2D eigenvalue weighted by atomic mass is 35.5. The zero-order valence-corrected chi connectivity index (χ0v) is 16.7. The van der Waals surface area contributed by atoms with E-state index in [4.69, 9.17) is 27.9 Å². The molecule has 1 aromatic rings. The summed E-state index contributed by atoms with van der Waals surface area (Å²) in [5, 5.41) is 4.71. The van der Waals surface area contributed by atoms with Crippen molar-refractivity contribution in [3.05, 3.63) is 33.8 Å². The van der Waals surface area contributed by atoms with Crippen molar-refractivity contribution < 1.29 is 9.53 Å². The monoisotopic (exact) mass is 387 g/mol. The Morgan fingerprint density at radius 1 is 1.12 bits per heavy atom. The van der Waals surface area contributed by atoms with Crippen molar-refractivity contribution in [3.63, 3.8) is 0 Å². The van der Waals surface area contributed by atoms with Gasteiger partial charge in [-0.05, 0) is 44.5 Å². The number of hydrogen-bond acceptors (Lipinski definition) is 4. The Morgan fingerprint density at radius 3 is 2.28 bits per heavy atom. The lowest BCUT2D eigenvalue weighted by molar-refractivity contribution is 0.0146. The van der Waals surface area contributed by atoms with E-state index in [1.165, 1.54) is 0 Å². The number of halogens is 2. The van der Waals surface area contributed by atoms with E-state index in [9.17, 15) is 4.79 Å². The summed E-state index contributed by atoms with van der Waals surface area (Å²) in [4.78, 5) is 16.2. The minimum absolute atomic E-state index is 0.219. The van der Waals surface area contributed by atoms with Crippen molar-refractivity contribution in [2.24, 2.45) is 0 Å². The first-order chi connectivity index (χ1) is 11.7. The Labute approximate surface area is 160 Å². The fourth-order valence-electron chi connectivity index (χ4n) is 2.66. The molecule has 25 heavy (non-hydrogen) atoms. The number of rotatable bonds is 5. The number of nitrogens with zero attached hydrogens (tertiary/aromatic N) is 2. The summed E-state index contributed by atoms with van der Waals surface area (Å²) >= 11 is 12.0. The highest BCUT2D eigenvalue weighted by Gasteiger charge is 2.25. The van der Waals surface area contributed by atoms with Crippen molar-refractivity contribution in [3.8, 4) is 0 Å². The van der Waals surface area contributed by atoms with Gasteiger partial charge >= 0.3 is 6.09 Å². The van der Waals surface area contributed by atoms with Crippen molar-refractivity contribution >= 4 is 29.3 Å². The summed E-state index contributed by atoms with van der Waals surface area (Å²) in [6.07, 6.45) is -0.219. The van der Waals surface area contributed by atoms with Gasteiger partial charge in [0.2, 0.25) is 0 Å². The van der Waals surface area contributed by atoms with Gasteiger partial charge in [-0.15, -0.1) is 0 Å². The predicted molar refractivity (Wildman–Crippen MR) is 102 cm³/mol. The third-order valence-corrected chi connectivity index (χ3v) is 4.32. The molecule has 0 atom stereocenters. The second-order valence-corrected chi connectivity index (χ2v) is 8.14. The van der Waals surface area contributed by atoms with Crippen LogP contribution >= 0.6 is 23.2 Å². The van der Waals surface area contributed by atoms with Crippen LogP contribution in [0.25, 0.3) is 0 Å². The van der Waals surface area contributed by atoms with Gasteiger partial charge in [-0.1, -0.05) is 23.2 Å². The molecular formula is C18H27Cl2N3O2. The fraction of sp³-hybridized carbons (Fsp3) is 0.611. The van der Waals surface area contributed by atoms with Crippen LogP contribution in [0.15, 0.2) is 18.2 Å². The van der Waals surface area contributed by atoms with Crippen LogP contribution in [0.4, 0.5) is 4.79 Å². The molecule has 0 radical (unpaired) electrons. The molecule has 1 aromatic carbocycles. The minimum atomic E-state index is -0.443. The second kappa shape index (κ2) is 9.08. The SMILES string of the molecule is CC(C)(C)OC(=O)N1CCN(CCNCc2cc(Cl)cc(Cl)c2)CC1. The lowest BCUT2D eigenvalue weighted by atomic mass is 10.2. The highest BCUT2D eigenvalue weighted by molar-refractivity contribution is 6.34. The smallest absolute Gasteiger partial charge is 0.410 e. The maximum Gasteiger partial charge on any atom is 0.410 e. The number of piperazine rings is 1. The average molecular weight is 388 g/mol. The van der Waals surface area contributed by atoms with Gasteiger partial charge in [-0.2, -0.15) is 0 Å². The standard InChI is InChI=1S/C18H27Cl2N3O2/c1-18(2,3)25-17(24)23-8-6-22(7-9-23)5-4-21-13-14-10-15(19)12-16(20)11-14/h10-12,21H,4-9,13H2,1-3H3. The van der Waals surface area contributed by atoms with Crippen molar-refractivity contribution in [1.82, 2.24) is 15.1 Å². The van der Waals surface area contributed by atoms with Crippen LogP contribution in [0.5, 0.6) is 0 Å². The van der Waals surface area contributed by atoms with E-state index < -0.39 is 5.60 Å². The second-order valence-electron chi connectivity index (χ2n) is 7.26. The molecule has 0 spiro atoms. The van der Waals surface area contributed by atoms with Crippen LogP contribution < -0.4 is 5.32 Å². The van der Waals surface area contributed by atoms with Crippen LogP contribution in [-0.2, 0) is 11.3 Å². The maximum absolute atomic E-state index is 12.0. The van der Waals surface area contributed by atoms with Crippen molar-refractivity contribution in [2.75, 3.05) is 39.3 Å². The summed E-state index contributed by atoms with van der Waals surface area (Å²) < 4.78 is 5.41. The Kier molecular flexibility index (Phi) is 7.37. The molecule has 0 bridgehead atoms. The summed E-state index contributed by atoms with van der Waals surface area (Å²) in [5.41, 5.74) is 0.633. The predicted octanol–water partition coefficient (Wildman–Crippen LogP) is 3.64. The number of nitrogens with one attached hydrogen (secondary N) is 1. The van der Waals surface area contributed by atoms with Crippen LogP contribution in [-0.4, -0.2) is 60.8 Å². The third kappa shape index (κ3) is 7.40. The van der Waals surface area contributed by atoms with Gasteiger partial charge in [0.1, 0.15) is 5.60 Å². The quantitative estimate of drug-likeness (QED) is 0.783. The average Bonchev–Trinajstić information content (AvgIpc) is 2.49. The number of carbonyl (C=O) groups is 1. The Balaban J connectivity index is 1.64. The van der Waals surface area contributed by atoms with Crippen molar-refractivity contribution in [2.45, 2.75) is 32.9 Å². The molecule has 5 nitrogen and oxygen atoms in total. The van der Waals surface area contributed by atoms with Crippen molar-refractivity contribution in [1.29, 1.82) is 0 Å². The molecular weight excluding hydrogens is 361 g/mol. The first kappa shape index (κ1) is 20.3.